The molecule has 0 aliphatic heterocycles. The molecular formula is C9H17NO. The highest BCUT2D eigenvalue weighted by Gasteiger charge is 2.15. The highest BCUT2D eigenvalue weighted by Crippen LogP contribution is 2.12. The molecule has 0 aromatic rings. The Bertz CT molecular complexity index is 137. The smallest absolute Gasteiger partial charge is 0.0720 e. The summed E-state index contributed by atoms with van der Waals surface area (Å²) in [7, 11) is 0. The fourth-order valence-corrected chi connectivity index (χ4v) is 1.05. The summed E-state index contributed by atoms with van der Waals surface area (Å²) in [6.07, 6.45) is 1.14. The molecule has 0 aliphatic rings. The van der Waals surface area contributed by atoms with Gasteiger partial charge in [-0.1, -0.05) is 6.92 Å². The molecule has 2 heteroatoms. The molecule has 0 N–H and O–H groups in total. The third-order valence-corrected chi connectivity index (χ3v) is 1.66. The van der Waals surface area contributed by atoms with Gasteiger partial charge in [-0.25, -0.2) is 0 Å². The predicted molar refractivity (Wildman–Crippen MR) is 45.1 cm³/mol. The van der Waals surface area contributed by atoms with Gasteiger partial charge < -0.3 is 4.74 Å². The van der Waals surface area contributed by atoms with Gasteiger partial charge in [-0.05, 0) is 27.2 Å². The minimum Gasteiger partial charge on any atom is -0.374 e. The van der Waals surface area contributed by atoms with Crippen molar-refractivity contribution in [2.45, 2.75) is 46.3 Å². The second kappa shape index (κ2) is 5.15. The lowest BCUT2D eigenvalue weighted by Crippen LogP contribution is -2.22. The maximum Gasteiger partial charge on any atom is 0.0720 e. The lowest BCUT2D eigenvalue weighted by molar-refractivity contribution is -0.00299. The van der Waals surface area contributed by atoms with Crippen LogP contribution in [-0.4, -0.2) is 12.2 Å². The van der Waals surface area contributed by atoms with Crippen LogP contribution in [0.1, 0.15) is 34.1 Å². The standard InChI is InChI=1S/C9H17NO/c1-5-9(6-10)8(4)11-7(2)3/h7-9H,5H2,1-4H3. The average molecular weight is 155 g/mol. The maximum atomic E-state index is 8.68. The van der Waals surface area contributed by atoms with E-state index in [1.807, 2.05) is 27.7 Å². The van der Waals surface area contributed by atoms with Gasteiger partial charge in [-0.2, -0.15) is 5.26 Å². The molecule has 0 bridgehead atoms. The molecule has 2 unspecified atom stereocenters. The van der Waals surface area contributed by atoms with Crippen molar-refractivity contribution in [1.82, 2.24) is 0 Å². The van der Waals surface area contributed by atoms with E-state index in [1.165, 1.54) is 0 Å². The minimum absolute atomic E-state index is 0.0393. The summed E-state index contributed by atoms with van der Waals surface area (Å²) in [4.78, 5) is 0. The fourth-order valence-electron chi connectivity index (χ4n) is 1.05. The van der Waals surface area contributed by atoms with E-state index in [-0.39, 0.29) is 18.1 Å². The summed E-state index contributed by atoms with van der Waals surface area (Å²) < 4.78 is 5.47. The quantitative estimate of drug-likeness (QED) is 0.624. The lowest BCUT2D eigenvalue weighted by Gasteiger charge is -2.19. The molecule has 0 saturated carbocycles. The first-order valence-corrected chi connectivity index (χ1v) is 4.16. The van der Waals surface area contributed by atoms with Crippen molar-refractivity contribution in [3.63, 3.8) is 0 Å². The van der Waals surface area contributed by atoms with Crippen LogP contribution >= 0.6 is 0 Å². The zero-order chi connectivity index (χ0) is 8.85. The van der Waals surface area contributed by atoms with Crippen LogP contribution in [0, 0.1) is 17.2 Å². The van der Waals surface area contributed by atoms with Gasteiger partial charge in [-0.3, -0.25) is 0 Å². The summed E-state index contributed by atoms with van der Waals surface area (Å²) >= 11 is 0. The van der Waals surface area contributed by atoms with Crippen LogP contribution in [-0.2, 0) is 4.74 Å². The Kier molecular flexibility index (Phi) is 4.89. The van der Waals surface area contributed by atoms with Gasteiger partial charge in [0.25, 0.3) is 0 Å². The van der Waals surface area contributed by atoms with Crippen LogP contribution in [0.2, 0.25) is 0 Å². The molecule has 0 amide bonds. The SMILES string of the molecule is CCC(C#N)C(C)OC(C)C. The van der Waals surface area contributed by atoms with E-state index >= 15 is 0 Å². The molecule has 0 aromatic heterocycles. The second-order valence-electron chi connectivity index (χ2n) is 3.03. The largest absolute Gasteiger partial charge is 0.374 e. The van der Waals surface area contributed by atoms with Crippen LogP contribution < -0.4 is 0 Å². The summed E-state index contributed by atoms with van der Waals surface area (Å²) in [5, 5.41) is 8.68. The highest BCUT2D eigenvalue weighted by atomic mass is 16.5. The van der Waals surface area contributed by atoms with Gasteiger partial charge in [-0.15, -0.1) is 0 Å². The first-order valence-electron chi connectivity index (χ1n) is 4.16. The van der Waals surface area contributed by atoms with E-state index in [2.05, 4.69) is 6.07 Å². The number of rotatable bonds is 4. The van der Waals surface area contributed by atoms with Crippen LogP contribution in [0.15, 0.2) is 0 Å². The first kappa shape index (κ1) is 10.4. The molecule has 0 rings (SSSR count). The fraction of sp³-hybridized carbons (Fsp3) is 0.889. The third-order valence-electron chi connectivity index (χ3n) is 1.66. The Morgan fingerprint density at radius 3 is 2.18 bits per heavy atom. The molecule has 0 saturated heterocycles. The number of hydrogen-bond acceptors (Lipinski definition) is 2. The van der Waals surface area contributed by atoms with E-state index in [1.54, 1.807) is 0 Å². The van der Waals surface area contributed by atoms with Gasteiger partial charge in [0.1, 0.15) is 0 Å². The van der Waals surface area contributed by atoms with Crippen molar-refractivity contribution < 1.29 is 4.74 Å². The Morgan fingerprint density at radius 2 is 1.91 bits per heavy atom. The summed E-state index contributed by atoms with van der Waals surface area (Å²) in [6, 6.07) is 2.23. The lowest BCUT2D eigenvalue weighted by atomic mass is 10.0. The number of hydrogen-bond donors (Lipinski definition) is 0. The van der Waals surface area contributed by atoms with Crippen molar-refractivity contribution in [3.05, 3.63) is 0 Å². The molecule has 0 heterocycles. The molecule has 0 aromatic carbocycles. The van der Waals surface area contributed by atoms with E-state index in [0.717, 1.165) is 6.42 Å². The molecule has 2 nitrogen and oxygen atoms in total. The van der Waals surface area contributed by atoms with Crippen LogP contribution in [0.25, 0.3) is 0 Å². The monoisotopic (exact) mass is 155 g/mol. The van der Waals surface area contributed by atoms with Gasteiger partial charge in [0.2, 0.25) is 0 Å². The van der Waals surface area contributed by atoms with E-state index in [9.17, 15) is 0 Å². The zero-order valence-electron chi connectivity index (χ0n) is 7.79. The number of nitriles is 1. The molecule has 2 atom stereocenters. The summed E-state index contributed by atoms with van der Waals surface area (Å²) in [5.74, 6) is 0.0393. The normalized spacial score (nSPS) is 16.0. The summed E-state index contributed by atoms with van der Waals surface area (Å²) in [5.41, 5.74) is 0. The molecule has 0 radical (unpaired) electrons. The van der Waals surface area contributed by atoms with E-state index < -0.39 is 0 Å². The molecule has 11 heavy (non-hydrogen) atoms. The van der Waals surface area contributed by atoms with Gasteiger partial charge in [0.15, 0.2) is 0 Å². The molecule has 0 fully saturated rings. The molecule has 64 valence electrons. The first-order chi connectivity index (χ1) is 5.11. The van der Waals surface area contributed by atoms with E-state index in [0.29, 0.717) is 0 Å². The van der Waals surface area contributed by atoms with Crippen molar-refractivity contribution in [2.75, 3.05) is 0 Å². The topological polar surface area (TPSA) is 33.0 Å². The Balaban J connectivity index is 3.81. The van der Waals surface area contributed by atoms with Gasteiger partial charge >= 0.3 is 0 Å². The van der Waals surface area contributed by atoms with Crippen molar-refractivity contribution in [3.8, 4) is 6.07 Å². The Labute approximate surface area is 69.2 Å². The molecular weight excluding hydrogens is 138 g/mol. The van der Waals surface area contributed by atoms with Crippen LogP contribution in [0.3, 0.4) is 0 Å². The van der Waals surface area contributed by atoms with Crippen molar-refractivity contribution in [1.29, 1.82) is 5.26 Å². The van der Waals surface area contributed by atoms with Crippen molar-refractivity contribution >= 4 is 0 Å². The number of nitrogens with zero attached hydrogens (tertiary/aromatic N) is 1. The maximum absolute atomic E-state index is 8.68. The highest BCUT2D eigenvalue weighted by molar-refractivity contribution is 4.86. The predicted octanol–water partition coefficient (Wildman–Crippen LogP) is 2.35. The average Bonchev–Trinajstić information content (AvgIpc) is 1.88. The van der Waals surface area contributed by atoms with E-state index in [4.69, 9.17) is 10.00 Å². The zero-order valence-corrected chi connectivity index (χ0v) is 7.79. The van der Waals surface area contributed by atoms with Crippen LogP contribution in [0.4, 0.5) is 0 Å². The number of ether oxygens (including phenoxy) is 1. The molecule has 0 aliphatic carbocycles. The Hall–Kier alpha value is -0.550. The minimum atomic E-state index is 0.0393. The van der Waals surface area contributed by atoms with Crippen molar-refractivity contribution in [2.24, 2.45) is 5.92 Å². The second-order valence-corrected chi connectivity index (χ2v) is 3.03. The van der Waals surface area contributed by atoms with Gasteiger partial charge in [0, 0.05) is 0 Å². The van der Waals surface area contributed by atoms with Crippen LogP contribution in [0.5, 0.6) is 0 Å². The third kappa shape index (κ3) is 4.00. The molecule has 0 spiro atoms. The Morgan fingerprint density at radius 1 is 1.36 bits per heavy atom. The summed E-state index contributed by atoms with van der Waals surface area (Å²) in [6.45, 7) is 7.94. The van der Waals surface area contributed by atoms with Gasteiger partial charge in [0.05, 0.1) is 24.2 Å².